The first kappa shape index (κ1) is 25.2. The van der Waals surface area contributed by atoms with E-state index in [2.05, 4.69) is 6.92 Å². The van der Waals surface area contributed by atoms with Crippen LogP contribution in [0.3, 0.4) is 0 Å². The van der Waals surface area contributed by atoms with Gasteiger partial charge in [0.1, 0.15) is 0 Å². The van der Waals surface area contributed by atoms with E-state index in [0.717, 1.165) is 29.0 Å². The molecule has 6 nitrogen and oxygen atoms in total. The second kappa shape index (κ2) is 12.1. The molecule has 0 saturated carbocycles. The van der Waals surface area contributed by atoms with E-state index >= 15 is 0 Å². The van der Waals surface area contributed by atoms with Crippen LogP contribution >= 0.6 is 22.7 Å². The Labute approximate surface area is 193 Å². The first-order valence-corrected chi connectivity index (χ1v) is 12.4. The number of ether oxygens (including phenoxy) is 1. The van der Waals surface area contributed by atoms with Gasteiger partial charge in [0.15, 0.2) is 0 Å². The zero-order valence-electron chi connectivity index (χ0n) is 18.9. The van der Waals surface area contributed by atoms with Gasteiger partial charge in [-0.15, -0.1) is 22.7 Å². The minimum atomic E-state index is -0.947. The number of carboxylic acid groups (broad SMARTS) is 1. The molecule has 0 bridgehead atoms. The second-order valence-corrected chi connectivity index (χ2v) is 10.7. The molecule has 0 saturated heterocycles. The van der Waals surface area contributed by atoms with E-state index in [0.29, 0.717) is 19.6 Å². The Morgan fingerprint density at radius 1 is 1.10 bits per heavy atom. The van der Waals surface area contributed by atoms with Crippen LogP contribution in [0.1, 0.15) is 56.7 Å². The molecule has 0 fully saturated rings. The lowest BCUT2D eigenvalue weighted by Gasteiger charge is -2.36. The molecule has 2 rings (SSSR count). The minimum absolute atomic E-state index is 0.0375. The maximum atomic E-state index is 13.0. The number of hydrogen-bond donors (Lipinski definition) is 1. The van der Waals surface area contributed by atoms with Crippen LogP contribution in [0, 0.1) is 5.92 Å². The monoisotopic (exact) mass is 466 g/mol. The van der Waals surface area contributed by atoms with E-state index in [1.807, 2.05) is 55.8 Å². The topological polar surface area (TPSA) is 70.1 Å². The maximum absolute atomic E-state index is 13.0. The number of hydrogen-bond acceptors (Lipinski definition) is 5. The molecule has 2 amide bonds. The number of nitrogens with zero attached hydrogens (tertiary/aromatic N) is 2. The number of rotatable bonds is 11. The summed E-state index contributed by atoms with van der Waals surface area (Å²) in [7, 11) is 0. The normalized spacial score (nSPS) is 12.4. The van der Waals surface area contributed by atoms with E-state index in [1.165, 1.54) is 4.90 Å². The van der Waals surface area contributed by atoms with E-state index < -0.39 is 11.6 Å². The molecule has 8 heteroatoms. The summed E-state index contributed by atoms with van der Waals surface area (Å²) in [6.07, 6.45) is 1.49. The van der Waals surface area contributed by atoms with Crippen molar-refractivity contribution in [1.29, 1.82) is 0 Å². The highest BCUT2D eigenvalue weighted by Gasteiger charge is 2.29. The molecule has 0 aromatic carbocycles. The average molecular weight is 467 g/mol. The van der Waals surface area contributed by atoms with Crippen molar-refractivity contribution in [3.63, 3.8) is 0 Å². The van der Waals surface area contributed by atoms with Gasteiger partial charge in [-0.2, -0.15) is 0 Å². The van der Waals surface area contributed by atoms with Gasteiger partial charge in [-0.05, 0) is 50.1 Å². The van der Waals surface area contributed by atoms with Crippen molar-refractivity contribution in [3.05, 3.63) is 44.8 Å². The highest BCUT2D eigenvalue weighted by atomic mass is 32.1. The third kappa shape index (κ3) is 8.53. The van der Waals surface area contributed by atoms with Gasteiger partial charge in [0.2, 0.25) is 0 Å². The van der Waals surface area contributed by atoms with Gasteiger partial charge in [0.05, 0.1) is 19.7 Å². The summed E-state index contributed by atoms with van der Waals surface area (Å²) in [5.74, 6) is -0.0375. The van der Waals surface area contributed by atoms with Crippen molar-refractivity contribution in [1.82, 2.24) is 9.80 Å². The van der Waals surface area contributed by atoms with Gasteiger partial charge < -0.3 is 14.7 Å². The number of thiophene rings is 2. The molecule has 0 aliphatic heterocycles. The highest BCUT2D eigenvalue weighted by Crippen LogP contribution is 2.21. The standard InChI is InChI=1S/C23H34N2O4S2/c1-5-6-9-18(14-25(21(26)27)23(2,3)4)17-29-22(28)24(15-19-10-7-12-30-19)16-20-11-8-13-31-20/h7-8,10-13,18H,5-6,9,14-17H2,1-4H3,(H,26,27)/t18-/m0/s1. The molecule has 0 spiro atoms. The summed E-state index contributed by atoms with van der Waals surface area (Å²) in [4.78, 5) is 30.1. The summed E-state index contributed by atoms with van der Waals surface area (Å²) in [5.41, 5.74) is -0.509. The molecule has 172 valence electrons. The number of unbranched alkanes of at least 4 members (excludes halogenated alkanes) is 1. The van der Waals surface area contributed by atoms with Crippen LogP contribution in [0.25, 0.3) is 0 Å². The zero-order valence-corrected chi connectivity index (χ0v) is 20.5. The fraction of sp³-hybridized carbons (Fsp3) is 0.565. The lowest BCUT2D eigenvalue weighted by atomic mass is 9.99. The van der Waals surface area contributed by atoms with Crippen molar-refractivity contribution in [2.24, 2.45) is 5.92 Å². The van der Waals surface area contributed by atoms with Crippen LogP contribution in [0.5, 0.6) is 0 Å². The smallest absolute Gasteiger partial charge is 0.410 e. The van der Waals surface area contributed by atoms with E-state index in [4.69, 9.17) is 4.74 Å². The quantitative estimate of drug-likeness (QED) is 0.408. The Kier molecular flexibility index (Phi) is 9.84. The molecular formula is C23H34N2O4S2. The van der Waals surface area contributed by atoms with Crippen molar-refractivity contribution in [2.75, 3.05) is 13.2 Å². The molecule has 31 heavy (non-hydrogen) atoms. The Hall–Kier alpha value is -2.06. The summed E-state index contributed by atoms with van der Waals surface area (Å²) >= 11 is 3.23. The average Bonchev–Trinajstić information content (AvgIpc) is 3.39. The van der Waals surface area contributed by atoms with Crippen LogP contribution in [-0.2, 0) is 17.8 Å². The van der Waals surface area contributed by atoms with Crippen molar-refractivity contribution in [3.8, 4) is 0 Å². The molecule has 2 aromatic heterocycles. The molecule has 1 atom stereocenters. The molecule has 0 aliphatic carbocycles. The van der Waals surface area contributed by atoms with Gasteiger partial charge in [0.25, 0.3) is 0 Å². The molecule has 0 aliphatic rings. The Balaban J connectivity index is 2.05. The van der Waals surface area contributed by atoms with E-state index in [1.54, 1.807) is 27.6 Å². The predicted octanol–water partition coefficient (Wildman–Crippen LogP) is 6.53. The zero-order chi connectivity index (χ0) is 22.9. The van der Waals surface area contributed by atoms with Crippen LogP contribution in [0.15, 0.2) is 35.0 Å². The lowest BCUT2D eigenvalue weighted by molar-refractivity contribution is 0.0546. The Morgan fingerprint density at radius 2 is 1.68 bits per heavy atom. The van der Waals surface area contributed by atoms with Crippen molar-refractivity contribution >= 4 is 34.9 Å². The van der Waals surface area contributed by atoms with Crippen molar-refractivity contribution < 1.29 is 19.4 Å². The number of carbonyl (C=O) groups excluding carboxylic acids is 1. The number of carbonyl (C=O) groups is 2. The SMILES string of the molecule is CCCC[C@H](COC(=O)N(Cc1cccs1)Cc1cccs1)CN(C(=O)O)C(C)(C)C. The molecule has 2 aromatic rings. The lowest BCUT2D eigenvalue weighted by Crippen LogP contribution is -2.48. The van der Waals surface area contributed by atoms with Gasteiger partial charge >= 0.3 is 12.2 Å². The summed E-state index contributed by atoms with van der Waals surface area (Å²) in [6.45, 7) is 9.31. The fourth-order valence-corrected chi connectivity index (χ4v) is 4.70. The van der Waals surface area contributed by atoms with Gasteiger partial charge in [-0.1, -0.05) is 31.9 Å². The summed E-state index contributed by atoms with van der Waals surface area (Å²) < 4.78 is 5.73. The van der Waals surface area contributed by atoms with Gasteiger partial charge in [-0.3, -0.25) is 4.90 Å². The number of amides is 2. The molecule has 0 unspecified atom stereocenters. The summed E-state index contributed by atoms with van der Waals surface area (Å²) in [6, 6.07) is 7.97. The van der Waals surface area contributed by atoms with Gasteiger partial charge in [-0.25, -0.2) is 9.59 Å². The van der Waals surface area contributed by atoms with Crippen molar-refractivity contribution in [2.45, 2.75) is 65.6 Å². The molecular weight excluding hydrogens is 432 g/mol. The Morgan fingerprint density at radius 3 is 2.10 bits per heavy atom. The largest absolute Gasteiger partial charge is 0.465 e. The third-order valence-corrected chi connectivity index (χ3v) is 6.72. The minimum Gasteiger partial charge on any atom is -0.465 e. The van der Waals surface area contributed by atoms with Crippen LogP contribution in [0.4, 0.5) is 9.59 Å². The molecule has 0 radical (unpaired) electrons. The van der Waals surface area contributed by atoms with Crippen LogP contribution in [0.2, 0.25) is 0 Å². The van der Waals surface area contributed by atoms with Crippen LogP contribution in [-0.4, -0.2) is 45.8 Å². The van der Waals surface area contributed by atoms with Crippen LogP contribution < -0.4 is 0 Å². The second-order valence-electron chi connectivity index (χ2n) is 8.66. The first-order chi connectivity index (χ1) is 14.7. The third-order valence-electron chi connectivity index (χ3n) is 5.00. The molecule has 2 heterocycles. The first-order valence-electron chi connectivity index (χ1n) is 10.7. The molecule has 1 N–H and O–H groups in total. The predicted molar refractivity (Wildman–Crippen MR) is 127 cm³/mol. The van der Waals surface area contributed by atoms with Gasteiger partial charge in [0, 0.05) is 27.8 Å². The summed E-state index contributed by atoms with van der Waals surface area (Å²) in [5, 5.41) is 13.6. The Bertz CT molecular complexity index is 749. The highest BCUT2D eigenvalue weighted by molar-refractivity contribution is 7.10. The van der Waals surface area contributed by atoms with E-state index in [9.17, 15) is 14.7 Å². The maximum Gasteiger partial charge on any atom is 0.410 e. The fourth-order valence-electron chi connectivity index (χ4n) is 3.26. The van der Waals surface area contributed by atoms with E-state index in [-0.39, 0.29) is 18.6 Å².